The Labute approximate surface area is 196 Å². The highest BCUT2D eigenvalue weighted by Crippen LogP contribution is 2.29. The first-order valence-electron chi connectivity index (χ1n) is 10.5. The summed E-state index contributed by atoms with van der Waals surface area (Å²) in [5.41, 5.74) is 5.63. The Kier molecular flexibility index (Phi) is 6.90. The van der Waals surface area contributed by atoms with Crippen molar-refractivity contribution < 1.29 is 14.3 Å². The Hall–Kier alpha value is -3.84. The molecule has 2 amide bonds. The Morgan fingerprint density at radius 1 is 1.00 bits per heavy atom. The molecule has 0 fully saturated rings. The van der Waals surface area contributed by atoms with Crippen LogP contribution < -0.4 is 15.5 Å². The van der Waals surface area contributed by atoms with Gasteiger partial charge < -0.3 is 14.6 Å². The fourth-order valence-corrected chi connectivity index (χ4v) is 3.75. The molecule has 3 aromatic carbocycles. The van der Waals surface area contributed by atoms with Crippen LogP contribution in [0, 0.1) is 0 Å². The molecule has 0 aliphatic rings. The van der Waals surface area contributed by atoms with Crippen LogP contribution in [0.4, 0.5) is 0 Å². The first-order valence-corrected chi connectivity index (χ1v) is 10.9. The summed E-state index contributed by atoms with van der Waals surface area (Å²) < 4.78 is 7.61. The SMILES string of the molecule is CCn1c2ccccc2c2cc(C=NNC(=O)CNC(=O)COc3ccc(Cl)cc3)ccc21. The lowest BCUT2D eigenvalue weighted by Crippen LogP contribution is -2.37. The van der Waals surface area contributed by atoms with Gasteiger partial charge in [-0.1, -0.05) is 35.9 Å². The summed E-state index contributed by atoms with van der Waals surface area (Å²) in [5, 5.41) is 9.39. The molecule has 4 aromatic rings. The second-order valence-electron chi connectivity index (χ2n) is 7.35. The molecule has 0 aliphatic heterocycles. The number of para-hydroxylation sites is 1. The maximum atomic E-state index is 12.0. The lowest BCUT2D eigenvalue weighted by Gasteiger charge is -2.07. The van der Waals surface area contributed by atoms with Crippen molar-refractivity contribution in [2.45, 2.75) is 13.5 Å². The molecule has 168 valence electrons. The van der Waals surface area contributed by atoms with Crippen LogP contribution in [0.15, 0.2) is 71.8 Å². The van der Waals surface area contributed by atoms with Gasteiger partial charge in [0, 0.05) is 33.4 Å². The summed E-state index contributed by atoms with van der Waals surface area (Å²) in [6.45, 7) is 2.59. The number of hydrogen-bond donors (Lipinski definition) is 2. The van der Waals surface area contributed by atoms with Crippen LogP contribution in [0.3, 0.4) is 0 Å². The summed E-state index contributed by atoms with van der Waals surface area (Å²) in [7, 11) is 0. The Morgan fingerprint density at radius 3 is 2.55 bits per heavy atom. The first kappa shape index (κ1) is 22.4. The van der Waals surface area contributed by atoms with Crippen molar-refractivity contribution in [2.24, 2.45) is 5.10 Å². The number of halogens is 1. The molecular formula is C25H23ClN4O3. The summed E-state index contributed by atoms with van der Waals surface area (Å²) >= 11 is 5.80. The van der Waals surface area contributed by atoms with Crippen LogP contribution >= 0.6 is 11.6 Å². The molecule has 8 heteroatoms. The number of carbonyl (C=O) groups excluding carboxylic acids is 2. The number of hydrogen-bond acceptors (Lipinski definition) is 4. The lowest BCUT2D eigenvalue weighted by molar-refractivity contribution is -0.127. The normalized spacial score (nSPS) is 11.2. The molecule has 0 bridgehead atoms. The van der Waals surface area contributed by atoms with E-state index < -0.39 is 11.8 Å². The van der Waals surface area contributed by atoms with Gasteiger partial charge in [0.2, 0.25) is 0 Å². The number of ether oxygens (including phenoxy) is 1. The quantitative estimate of drug-likeness (QED) is 0.305. The highest BCUT2D eigenvalue weighted by Gasteiger charge is 2.09. The minimum Gasteiger partial charge on any atom is -0.484 e. The van der Waals surface area contributed by atoms with E-state index in [4.69, 9.17) is 16.3 Å². The van der Waals surface area contributed by atoms with Crippen LogP contribution in [-0.2, 0) is 16.1 Å². The molecule has 0 unspecified atom stereocenters. The van der Waals surface area contributed by atoms with Gasteiger partial charge in [-0.05, 0) is 55.0 Å². The summed E-state index contributed by atoms with van der Waals surface area (Å²) in [4.78, 5) is 23.8. The number of aryl methyl sites for hydroxylation is 1. The Balaban J connectivity index is 1.30. The molecule has 0 atom stereocenters. The van der Waals surface area contributed by atoms with E-state index in [1.807, 2.05) is 18.2 Å². The molecule has 0 aliphatic carbocycles. The van der Waals surface area contributed by atoms with Gasteiger partial charge in [-0.3, -0.25) is 9.59 Å². The zero-order chi connectivity index (χ0) is 23.2. The van der Waals surface area contributed by atoms with Crippen LogP contribution in [0.1, 0.15) is 12.5 Å². The second-order valence-corrected chi connectivity index (χ2v) is 7.79. The predicted molar refractivity (Wildman–Crippen MR) is 131 cm³/mol. The molecule has 0 spiro atoms. The second kappa shape index (κ2) is 10.2. The summed E-state index contributed by atoms with van der Waals surface area (Å²) in [6.07, 6.45) is 1.58. The number of fused-ring (bicyclic) bond motifs is 3. The molecule has 0 radical (unpaired) electrons. The minimum atomic E-state index is -0.435. The van der Waals surface area contributed by atoms with E-state index in [2.05, 4.69) is 51.6 Å². The van der Waals surface area contributed by atoms with Gasteiger partial charge >= 0.3 is 0 Å². The highest BCUT2D eigenvalue weighted by molar-refractivity contribution is 6.30. The molecular weight excluding hydrogens is 440 g/mol. The molecule has 33 heavy (non-hydrogen) atoms. The fraction of sp³-hybridized carbons (Fsp3) is 0.160. The van der Waals surface area contributed by atoms with E-state index in [0.29, 0.717) is 10.8 Å². The van der Waals surface area contributed by atoms with Crippen molar-refractivity contribution in [2.75, 3.05) is 13.2 Å². The third kappa shape index (κ3) is 5.32. The van der Waals surface area contributed by atoms with E-state index in [-0.39, 0.29) is 13.2 Å². The molecule has 0 saturated heterocycles. The lowest BCUT2D eigenvalue weighted by atomic mass is 10.1. The number of amides is 2. The zero-order valence-corrected chi connectivity index (χ0v) is 18.8. The average Bonchev–Trinajstić information content (AvgIpc) is 3.15. The van der Waals surface area contributed by atoms with E-state index in [1.54, 1.807) is 30.5 Å². The molecule has 7 nitrogen and oxygen atoms in total. The van der Waals surface area contributed by atoms with Crippen LogP contribution in [0.25, 0.3) is 21.8 Å². The topological polar surface area (TPSA) is 84.7 Å². The largest absolute Gasteiger partial charge is 0.484 e. The number of benzene rings is 3. The molecule has 1 heterocycles. The fourth-order valence-electron chi connectivity index (χ4n) is 3.62. The molecule has 1 aromatic heterocycles. The number of hydrazone groups is 1. The maximum absolute atomic E-state index is 12.0. The number of nitrogens with zero attached hydrogens (tertiary/aromatic N) is 2. The van der Waals surface area contributed by atoms with Crippen molar-refractivity contribution >= 4 is 51.4 Å². The number of rotatable bonds is 8. The third-order valence-electron chi connectivity index (χ3n) is 5.15. The van der Waals surface area contributed by atoms with Gasteiger partial charge in [0.25, 0.3) is 11.8 Å². The monoisotopic (exact) mass is 462 g/mol. The van der Waals surface area contributed by atoms with E-state index in [9.17, 15) is 9.59 Å². The van der Waals surface area contributed by atoms with Crippen LogP contribution in [0.2, 0.25) is 5.02 Å². The molecule has 4 rings (SSSR count). The van der Waals surface area contributed by atoms with Gasteiger partial charge in [-0.15, -0.1) is 0 Å². The Bertz CT molecular complexity index is 1330. The number of carbonyl (C=O) groups is 2. The van der Waals surface area contributed by atoms with Crippen molar-refractivity contribution in [3.05, 3.63) is 77.3 Å². The van der Waals surface area contributed by atoms with E-state index in [1.165, 1.54) is 10.9 Å². The van der Waals surface area contributed by atoms with Crippen molar-refractivity contribution in [1.29, 1.82) is 0 Å². The van der Waals surface area contributed by atoms with Crippen molar-refractivity contribution in [3.8, 4) is 5.75 Å². The van der Waals surface area contributed by atoms with Gasteiger partial charge in [0.05, 0.1) is 12.8 Å². The summed E-state index contributed by atoms with van der Waals surface area (Å²) in [6, 6.07) is 21.0. The van der Waals surface area contributed by atoms with Crippen LogP contribution in [-0.4, -0.2) is 35.7 Å². The predicted octanol–water partition coefficient (Wildman–Crippen LogP) is 4.11. The minimum absolute atomic E-state index is 0.205. The van der Waals surface area contributed by atoms with E-state index >= 15 is 0 Å². The van der Waals surface area contributed by atoms with Gasteiger partial charge in [0.1, 0.15) is 5.75 Å². The smallest absolute Gasteiger partial charge is 0.259 e. The third-order valence-corrected chi connectivity index (χ3v) is 5.40. The standard InChI is InChI=1S/C25H23ClN4O3/c1-2-30-22-6-4-3-5-20(22)21-13-17(7-12-23(21)30)14-28-29-24(31)15-27-25(32)16-33-19-10-8-18(26)9-11-19/h3-14H,2,15-16H2,1H3,(H,27,32)(H,29,31). The number of nitrogens with one attached hydrogen (secondary N) is 2. The first-order chi connectivity index (χ1) is 16.0. The van der Waals surface area contributed by atoms with Crippen LogP contribution in [0.5, 0.6) is 5.75 Å². The Morgan fingerprint density at radius 2 is 1.76 bits per heavy atom. The van der Waals surface area contributed by atoms with Gasteiger partial charge in [-0.25, -0.2) is 5.43 Å². The van der Waals surface area contributed by atoms with Crippen molar-refractivity contribution in [1.82, 2.24) is 15.3 Å². The summed E-state index contributed by atoms with van der Waals surface area (Å²) in [5.74, 6) is -0.334. The van der Waals surface area contributed by atoms with Crippen molar-refractivity contribution in [3.63, 3.8) is 0 Å². The van der Waals surface area contributed by atoms with Gasteiger partial charge in [0.15, 0.2) is 6.61 Å². The molecule has 2 N–H and O–H groups in total. The highest BCUT2D eigenvalue weighted by atomic mass is 35.5. The number of aromatic nitrogens is 1. The maximum Gasteiger partial charge on any atom is 0.259 e. The molecule has 0 saturated carbocycles. The average molecular weight is 463 g/mol. The van der Waals surface area contributed by atoms with E-state index in [0.717, 1.165) is 23.0 Å². The van der Waals surface area contributed by atoms with Gasteiger partial charge in [-0.2, -0.15) is 5.10 Å². The zero-order valence-electron chi connectivity index (χ0n) is 18.0.